The first kappa shape index (κ1) is 12.0. The van der Waals surface area contributed by atoms with Gasteiger partial charge in [0.05, 0.1) is 20.3 Å². The first-order valence-corrected chi connectivity index (χ1v) is 7.18. The summed E-state index contributed by atoms with van der Waals surface area (Å²) in [6.45, 7) is 0. The molecule has 0 spiro atoms. The Kier molecular flexibility index (Phi) is 3.01. The monoisotopic (exact) mass is 339 g/mol. The molecule has 0 bridgehead atoms. The van der Waals surface area contributed by atoms with Gasteiger partial charge in [-0.2, -0.15) is 0 Å². The summed E-state index contributed by atoms with van der Waals surface area (Å²) < 4.78 is 1.66. The zero-order valence-corrected chi connectivity index (χ0v) is 12.2. The van der Waals surface area contributed by atoms with Crippen LogP contribution in [0.5, 0.6) is 5.75 Å². The van der Waals surface area contributed by atoms with E-state index in [9.17, 15) is 5.11 Å². The molecule has 2 nitrogen and oxygen atoms in total. The van der Waals surface area contributed by atoms with Crippen molar-refractivity contribution in [3.63, 3.8) is 0 Å². The maximum Gasteiger partial charge on any atom is 0.140 e. The Morgan fingerprint density at radius 2 is 2.00 bits per heavy atom. The molecule has 0 atom stereocenters. The van der Waals surface area contributed by atoms with Crippen LogP contribution in [0.2, 0.25) is 5.02 Å². The second kappa shape index (κ2) is 4.53. The average molecular weight is 341 g/mol. The van der Waals surface area contributed by atoms with Gasteiger partial charge in [0.2, 0.25) is 0 Å². The highest BCUT2D eigenvalue weighted by Crippen LogP contribution is 2.40. The number of rotatable bonds is 1. The fourth-order valence-corrected chi connectivity index (χ4v) is 3.51. The van der Waals surface area contributed by atoms with E-state index in [4.69, 9.17) is 11.6 Å². The number of phenolic OH excluding ortho intramolecular Hbond substituents is 1. The molecule has 2 aromatic carbocycles. The van der Waals surface area contributed by atoms with Crippen LogP contribution < -0.4 is 0 Å². The third kappa shape index (κ3) is 2.00. The van der Waals surface area contributed by atoms with Crippen LogP contribution in [0.1, 0.15) is 0 Å². The SMILES string of the molecule is Oc1c(Br)cc(Cl)cc1-c1nc2ccccc2s1. The number of phenols is 1. The largest absolute Gasteiger partial charge is 0.506 e. The minimum atomic E-state index is 0.165. The van der Waals surface area contributed by atoms with Crippen LogP contribution in [0.3, 0.4) is 0 Å². The summed E-state index contributed by atoms with van der Waals surface area (Å²) in [4.78, 5) is 4.51. The predicted octanol–water partition coefficient (Wildman–Crippen LogP) is 5.08. The second-order valence-corrected chi connectivity index (χ2v) is 6.09. The van der Waals surface area contributed by atoms with E-state index in [1.54, 1.807) is 12.1 Å². The second-order valence-electron chi connectivity index (χ2n) is 3.77. The van der Waals surface area contributed by atoms with Gasteiger partial charge >= 0.3 is 0 Å². The molecular formula is C13H7BrClNOS. The molecule has 0 aliphatic carbocycles. The molecule has 5 heteroatoms. The summed E-state index contributed by atoms with van der Waals surface area (Å²) in [5, 5.41) is 11.4. The van der Waals surface area contributed by atoms with E-state index in [0.29, 0.717) is 15.1 Å². The van der Waals surface area contributed by atoms with E-state index in [1.807, 2.05) is 24.3 Å². The molecule has 0 amide bonds. The molecule has 0 fully saturated rings. The fraction of sp³-hybridized carbons (Fsp3) is 0. The van der Waals surface area contributed by atoms with Gasteiger partial charge in [-0.05, 0) is 40.2 Å². The highest BCUT2D eigenvalue weighted by atomic mass is 79.9. The van der Waals surface area contributed by atoms with E-state index in [1.165, 1.54) is 11.3 Å². The molecular weight excluding hydrogens is 334 g/mol. The minimum Gasteiger partial charge on any atom is -0.506 e. The quantitative estimate of drug-likeness (QED) is 0.669. The molecule has 90 valence electrons. The summed E-state index contributed by atoms with van der Waals surface area (Å²) in [5.41, 5.74) is 1.57. The van der Waals surface area contributed by atoms with Gasteiger partial charge in [0.1, 0.15) is 10.8 Å². The third-order valence-corrected chi connectivity index (χ3v) is 4.44. The van der Waals surface area contributed by atoms with Gasteiger partial charge in [-0.1, -0.05) is 23.7 Å². The summed E-state index contributed by atoms with van der Waals surface area (Å²) >= 11 is 10.8. The van der Waals surface area contributed by atoms with Crippen molar-refractivity contribution in [2.24, 2.45) is 0 Å². The smallest absolute Gasteiger partial charge is 0.140 e. The lowest BCUT2D eigenvalue weighted by atomic mass is 10.2. The first-order chi connectivity index (χ1) is 8.65. The van der Waals surface area contributed by atoms with E-state index < -0.39 is 0 Å². The standard InChI is InChI=1S/C13H7BrClNOS/c14-9-6-7(15)5-8(12(9)17)13-16-10-3-1-2-4-11(10)18-13/h1-6,17H. The van der Waals surface area contributed by atoms with E-state index >= 15 is 0 Å². The van der Waals surface area contributed by atoms with E-state index in [2.05, 4.69) is 20.9 Å². The molecule has 1 aromatic heterocycles. The van der Waals surface area contributed by atoms with Crippen molar-refractivity contribution in [3.8, 4) is 16.3 Å². The highest BCUT2D eigenvalue weighted by molar-refractivity contribution is 9.10. The molecule has 0 radical (unpaired) electrons. The zero-order chi connectivity index (χ0) is 12.7. The molecule has 3 rings (SSSR count). The number of fused-ring (bicyclic) bond motifs is 1. The minimum absolute atomic E-state index is 0.165. The molecule has 1 N–H and O–H groups in total. The molecule has 0 unspecified atom stereocenters. The van der Waals surface area contributed by atoms with Crippen LogP contribution in [0.4, 0.5) is 0 Å². The van der Waals surface area contributed by atoms with Crippen LogP contribution in [-0.2, 0) is 0 Å². The highest BCUT2D eigenvalue weighted by Gasteiger charge is 2.13. The number of nitrogens with zero attached hydrogens (tertiary/aromatic N) is 1. The van der Waals surface area contributed by atoms with E-state index in [-0.39, 0.29) is 5.75 Å². The Hall–Kier alpha value is -1.10. The van der Waals surface area contributed by atoms with Gasteiger partial charge in [-0.15, -0.1) is 11.3 Å². The van der Waals surface area contributed by atoms with Gasteiger partial charge in [0.25, 0.3) is 0 Å². The summed E-state index contributed by atoms with van der Waals surface area (Å²) in [7, 11) is 0. The van der Waals surface area contributed by atoms with Crippen molar-refractivity contribution in [3.05, 3.63) is 45.9 Å². The van der Waals surface area contributed by atoms with Gasteiger partial charge in [0.15, 0.2) is 0 Å². The Labute approximate surface area is 121 Å². The number of hydrogen-bond donors (Lipinski definition) is 1. The van der Waals surface area contributed by atoms with Crippen molar-refractivity contribution in [2.75, 3.05) is 0 Å². The van der Waals surface area contributed by atoms with Crippen LogP contribution >= 0.6 is 38.9 Å². The van der Waals surface area contributed by atoms with Crippen molar-refractivity contribution in [1.29, 1.82) is 0 Å². The molecule has 0 saturated heterocycles. The number of benzene rings is 2. The molecule has 18 heavy (non-hydrogen) atoms. The number of para-hydroxylation sites is 1. The lowest BCUT2D eigenvalue weighted by Crippen LogP contribution is -1.80. The third-order valence-electron chi connectivity index (χ3n) is 2.55. The maximum absolute atomic E-state index is 10.1. The van der Waals surface area contributed by atoms with Gasteiger partial charge in [-0.3, -0.25) is 0 Å². The van der Waals surface area contributed by atoms with Gasteiger partial charge < -0.3 is 5.11 Å². The van der Waals surface area contributed by atoms with Crippen molar-refractivity contribution >= 4 is 49.1 Å². The van der Waals surface area contributed by atoms with Crippen LogP contribution in [0.25, 0.3) is 20.8 Å². The first-order valence-electron chi connectivity index (χ1n) is 5.19. The normalized spacial score (nSPS) is 11.0. The van der Waals surface area contributed by atoms with Crippen LogP contribution in [0, 0.1) is 0 Å². The zero-order valence-electron chi connectivity index (χ0n) is 9.02. The summed E-state index contributed by atoms with van der Waals surface area (Å²) in [5.74, 6) is 0.165. The fourth-order valence-electron chi connectivity index (χ4n) is 1.72. The van der Waals surface area contributed by atoms with Gasteiger partial charge in [0, 0.05) is 5.02 Å². The number of aromatic nitrogens is 1. The summed E-state index contributed by atoms with van der Waals surface area (Å²) in [6, 6.07) is 11.3. The number of hydrogen-bond acceptors (Lipinski definition) is 3. The number of halogens is 2. The van der Waals surface area contributed by atoms with Gasteiger partial charge in [-0.25, -0.2) is 4.98 Å². The molecule has 0 saturated carbocycles. The summed E-state index contributed by atoms with van der Waals surface area (Å²) in [6.07, 6.45) is 0. The number of thiazole rings is 1. The Bertz CT molecular complexity index is 708. The van der Waals surface area contributed by atoms with E-state index in [0.717, 1.165) is 15.2 Å². The van der Waals surface area contributed by atoms with Crippen molar-refractivity contribution in [1.82, 2.24) is 4.98 Å². The molecule has 0 aliphatic rings. The molecule has 3 aromatic rings. The Morgan fingerprint density at radius 1 is 1.22 bits per heavy atom. The molecule has 0 aliphatic heterocycles. The van der Waals surface area contributed by atoms with Crippen LogP contribution in [0.15, 0.2) is 40.9 Å². The molecule has 1 heterocycles. The van der Waals surface area contributed by atoms with Crippen LogP contribution in [-0.4, -0.2) is 10.1 Å². The average Bonchev–Trinajstić information content (AvgIpc) is 2.77. The Balaban J connectivity index is 2.26. The lowest BCUT2D eigenvalue weighted by molar-refractivity contribution is 0.474. The predicted molar refractivity (Wildman–Crippen MR) is 79.4 cm³/mol. The van der Waals surface area contributed by atoms with Crippen molar-refractivity contribution < 1.29 is 5.11 Å². The topological polar surface area (TPSA) is 33.1 Å². The lowest BCUT2D eigenvalue weighted by Gasteiger charge is -2.03. The van der Waals surface area contributed by atoms with Crippen molar-refractivity contribution in [2.45, 2.75) is 0 Å². The Morgan fingerprint density at radius 3 is 2.78 bits per heavy atom. The number of aromatic hydroxyl groups is 1. The maximum atomic E-state index is 10.1.